The number of thioether (sulfide) groups is 1. The Morgan fingerprint density at radius 1 is 1.31 bits per heavy atom. The number of aliphatic imine (C=N–C) groups is 1. The van der Waals surface area contributed by atoms with Crippen LogP contribution in [0, 0.1) is 24.1 Å². The predicted octanol–water partition coefficient (Wildman–Crippen LogP) is 2.69. The highest BCUT2D eigenvalue weighted by Gasteiger charge is 2.53. The topological polar surface area (TPSA) is 132 Å². The SMILES string of the molecule is C#CCOc1cnc(C(=O)Nc2ccc(F)c([C@@]3(C)N=C(N)S[C@](C)(C(=O)NCC)C3C)c2)cn1. The Hall–Kier alpha value is -3.65. The van der Waals surface area contributed by atoms with Crippen LogP contribution in [-0.4, -0.2) is 44.8 Å². The highest BCUT2D eigenvalue weighted by Crippen LogP contribution is 2.50. The van der Waals surface area contributed by atoms with Gasteiger partial charge in [0.2, 0.25) is 11.8 Å². The smallest absolute Gasteiger partial charge is 0.275 e. The minimum absolute atomic E-state index is 0.0282. The molecule has 1 unspecified atom stereocenters. The van der Waals surface area contributed by atoms with Crippen LogP contribution in [0.25, 0.3) is 0 Å². The van der Waals surface area contributed by atoms with E-state index in [1.54, 1.807) is 13.8 Å². The van der Waals surface area contributed by atoms with Crippen molar-refractivity contribution in [2.24, 2.45) is 16.6 Å². The van der Waals surface area contributed by atoms with Crippen LogP contribution in [0.5, 0.6) is 5.88 Å². The third kappa shape index (κ3) is 5.22. The largest absolute Gasteiger partial charge is 0.463 e. The van der Waals surface area contributed by atoms with E-state index in [4.69, 9.17) is 16.9 Å². The molecule has 3 atom stereocenters. The molecule has 0 aliphatic carbocycles. The fourth-order valence-corrected chi connectivity index (χ4v) is 5.11. The zero-order valence-electron chi connectivity index (χ0n) is 19.9. The summed E-state index contributed by atoms with van der Waals surface area (Å²) in [6.07, 6.45) is 7.66. The van der Waals surface area contributed by atoms with Crippen LogP contribution in [0.3, 0.4) is 0 Å². The summed E-state index contributed by atoms with van der Waals surface area (Å²) in [5, 5.41) is 5.69. The third-order valence-corrected chi connectivity index (χ3v) is 7.31. The molecule has 2 heterocycles. The second-order valence-corrected chi connectivity index (χ2v) is 9.74. The number of carbonyl (C=O) groups is 2. The van der Waals surface area contributed by atoms with Crippen LogP contribution in [-0.2, 0) is 10.3 Å². The second-order valence-electron chi connectivity index (χ2n) is 8.27. The molecule has 0 radical (unpaired) electrons. The van der Waals surface area contributed by atoms with E-state index in [0.29, 0.717) is 12.2 Å². The molecule has 11 heteroatoms. The molecule has 1 aliphatic rings. The fraction of sp³-hybridized carbons (Fsp3) is 0.375. The molecule has 0 spiro atoms. The highest BCUT2D eigenvalue weighted by atomic mass is 32.2. The van der Waals surface area contributed by atoms with E-state index in [0.717, 1.165) is 11.8 Å². The van der Waals surface area contributed by atoms with Gasteiger partial charge in [-0.2, -0.15) is 0 Å². The van der Waals surface area contributed by atoms with Crippen molar-refractivity contribution in [3.8, 4) is 18.2 Å². The average molecular weight is 499 g/mol. The quantitative estimate of drug-likeness (QED) is 0.500. The third-order valence-electron chi connectivity index (χ3n) is 6.05. The van der Waals surface area contributed by atoms with Crippen LogP contribution < -0.4 is 21.1 Å². The first-order chi connectivity index (χ1) is 16.5. The molecule has 1 aromatic carbocycles. The first-order valence-electron chi connectivity index (χ1n) is 10.9. The number of amidine groups is 1. The van der Waals surface area contributed by atoms with Crippen LogP contribution >= 0.6 is 11.8 Å². The van der Waals surface area contributed by atoms with E-state index in [-0.39, 0.29) is 34.8 Å². The molecule has 4 N–H and O–H groups in total. The number of anilines is 1. The Labute approximate surface area is 207 Å². The normalized spacial score (nSPS) is 23.5. The lowest BCUT2D eigenvalue weighted by Crippen LogP contribution is -2.56. The molecule has 2 aromatic rings. The van der Waals surface area contributed by atoms with Gasteiger partial charge in [0.1, 0.15) is 16.3 Å². The van der Waals surface area contributed by atoms with Crippen molar-refractivity contribution in [2.75, 3.05) is 18.5 Å². The van der Waals surface area contributed by atoms with Crippen molar-refractivity contribution in [2.45, 2.75) is 38.0 Å². The van der Waals surface area contributed by atoms with Gasteiger partial charge >= 0.3 is 0 Å². The summed E-state index contributed by atoms with van der Waals surface area (Å²) >= 11 is 1.15. The molecule has 184 valence electrons. The number of benzene rings is 1. The maximum absolute atomic E-state index is 15.1. The highest BCUT2D eigenvalue weighted by molar-refractivity contribution is 8.15. The molecule has 0 fully saturated rings. The lowest BCUT2D eigenvalue weighted by molar-refractivity contribution is -0.124. The summed E-state index contributed by atoms with van der Waals surface area (Å²) in [6, 6.07) is 4.16. The number of carbonyl (C=O) groups excluding carboxylic acids is 2. The number of halogens is 1. The van der Waals surface area contributed by atoms with E-state index in [9.17, 15) is 9.59 Å². The molecule has 1 aromatic heterocycles. The summed E-state index contributed by atoms with van der Waals surface area (Å²) < 4.78 is 19.3. The van der Waals surface area contributed by atoms with Gasteiger partial charge < -0.3 is 21.1 Å². The summed E-state index contributed by atoms with van der Waals surface area (Å²) in [4.78, 5) is 38.2. The molecule has 0 saturated heterocycles. The van der Waals surface area contributed by atoms with Crippen molar-refractivity contribution in [3.63, 3.8) is 0 Å². The summed E-state index contributed by atoms with van der Waals surface area (Å²) in [5.41, 5.74) is 5.49. The Morgan fingerprint density at radius 3 is 2.69 bits per heavy atom. The van der Waals surface area contributed by atoms with E-state index in [1.807, 2.05) is 13.8 Å². The fourth-order valence-electron chi connectivity index (χ4n) is 3.87. The molecular formula is C24H27FN6O3S. The monoisotopic (exact) mass is 498 g/mol. The van der Waals surface area contributed by atoms with Crippen molar-refractivity contribution in [3.05, 3.63) is 47.7 Å². The van der Waals surface area contributed by atoms with Crippen molar-refractivity contribution >= 4 is 34.4 Å². The van der Waals surface area contributed by atoms with Crippen molar-refractivity contribution in [1.29, 1.82) is 0 Å². The van der Waals surface area contributed by atoms with Crippen LogP contribution in [0.1, 0.15) is 43.7 Å². The molecule has 2 amide bonds. The Bertz CT molecular complexity index is 1200. The van der Waals surface area contributed by atoms with Crippen LogP contribution in [0.15, 0.2) is 35.6 Å². The lowest BCUT2D eigenvalue weighted by Gasteiger charge is -2.46. The van der Waals surface area contributed by atoms with Gasteiger partial charge in [-0.1, -0.05) is 24.6 Å². The minimum Gasteiger partial charge on any atom is -0.463 e. The van der Waals surface area contributed by atoms with E-state index >= 15 is 4.39 Å². The molecule has 0 saturated carbocycles. The Morgan fingerprint density at radius 2 is 2.06 bits per heavy atom. The molecule has 3 rings (SSSR count). The summed E-state index contributed by atoms with van der Waals surface area (Å²) in [6.45, 7) is 7.64. The molecule has 1 aliphatic heterocycles. The number of hydrogen-bond donors (Lipinski definition) is 3. The zero-order chi connectivity index (χ0) is 25.8. The van der Waals surface area contributed by atoms with Gasteiger partial charge in [-0.15, -0.1) is 6.42 Å². The Kier molecular flexibility index (Phi) is 7.65. The number of terminal acetylenes is 1. The van der Waals surface area contributed by atoms with Crippen molar-refractivity contribution < 1.29 is 18.7 Å². The van der Waals surface area contributed by atoms with Gasteiger partial charge in [-0.3, -0.25) is 14.6 Å². The molecular weight excluding hydrogens is 471 g/mol. The van der Waals surface area contributed by atoms with Crippen LogP contribution in [0.4, 0.5) is 10.1 Å². The predicted molar refractivity (Wildman–Crippen MR) is 134 cm³/mol. The number of nitrogens with zero attached hydrogens (tertiary/aromatic N) is 3. The number of aromatic nitrogens is 2. The Balaban J connectivity index is 1.91. The maximum Gasteiger partial charge on any atom is 0.275 e. The van der Waals surface area contributed by atoms with Gasteiger partial charge in [0.15, 0.2) is 11.8 Å². The molecule has 35 heavy (non-hydrogen) atoms. The van der Waals surface area contributed by atoms with Gasteiger partial charge in [-0.05, 0) is 39.0 Å². The van der Waals surface area contributed by atoms with Gasteiger partial charge in [0, 0.05) is 23.7 Å². The molecule has 9 nitrogen and oxygen atoms in total. The first kappa shape index (κ1) is 26.0. The van der Waals surface area contributed by atoms with E-state index in [2.05, 4.69) is 31.5 Å². The minimum atomic E-state index is -1.17. The number of nitrogens with two attached hydrogens (primary N) is 1. The number of nitrogens with one attached hydrogen (secondary N) is 2. The zero-order valence-corrected chi connectivity index (χ0v) is 20.7. The lowest BCUT2D eigenvalue weighted by atomic mass is 9.73. The van der Waals surface area contributed by atoms with Gasteiger partial charge in [-0.25, -0.2) is 14.4 Å². The first-order valence-corrected chi connectivity index (χ1v) is 11.7. The molecule has 0 bridgehead atoms. The van der Waals surface area contributed by atoms with E-state index in [1.165, 1.54) is 30.6 Å². The second kappa shape index (κ2) is 10.3. The standard InChI is InChI=1S/C24H27FN6O3S/c1-6-10-34-19-13-28-18(12-29-19)20(32)30-15-8-9-17(25)16(11-15)23(4)14(3)24(5,21(33)27-7-2)35-22(26)31-23/h1,8-9,11-14H,7,10H2,2-5H3,(H2,26,31)(H,27,33)(H,30,32)/t14?,23-,24-/m0/s1. The summed E-state index contributed by atoms with van der Waals surface area (Å²) in [5.74, 6) is 0.759. The maximum atomic E-state index is 15.1. The average Bonchev–Trinajstić information content (AvgIpc) is 2.82. The van der Waals surface area contributed by atoms with Crippen molar-refractivity contribution in [1.82, 2.24) is 15.3 Å². The number of amides is 2. The summed E-state index contributed by atoms with van der Waals surface area (Å²) in [7, 11) is 0. The number of hydrogen-bond acceptors (Lipinski definition) is 8. The number of ether oxygens (including phenoxy) is 1. The number of rotatable bonds is 7. The van der Waals surface area contributed by atoms with Gasteiger partial charge in [0.05, 0.1) is 17.9 Å². The van der Waals surface area contributed by atoms with E-state index < -0.39 is 27.9 Å². The van der Waals surface area contributed by atoms with Crippen LogP contribution in [0.2, 0.25) is 0 Å². The van der Waals surface area contributed by atoms with Gasteiger partial charge in [0.25, 0.3) is 5.91 Å².